The molecule has 0 unspecified atom stereocenters. The van der Waals surface area contributed by atoms with Gasteiger partial charge in [0, 0.05) is 44.4 Å². The molecule has 0 N–H and O–H groups in total. The Kier molecular flexibility index (Phi) is 16.7. The maximum Gasteiger partial charge on any atom is 0.137 e. The van der Waals surface area contributed by atoms with E-state index in [1.165, 1.54) is 0 Å². The number of hydrogen-bond acceptors (Lipinski definition) is 5. The van der Waals surface area contributed by atoms with E-state index in [0.29, 0.717) is 38.7 Å². The molecule has 0 aromatic carbocycles. The fraction of sp³-hybridized carbons (Fsp3) is 0.895. The molecule has 0 amide bonds. The topological polar surface area (TPSA) is 55.8 Å². The fourth-order valence-electron chi connectivity index (χ4n) is 1.52. The Hall–Kier alpha value is -0.780. The molecule has 5 nitrogen and oxygen atoms in total. The molecule has 0 saturated heterocycles. The summed E-state index contributed by atoms with van der Waals surface area (Å²) in [7, 11) is 3.68. The summed E-state index contributed by atoms with van der Waals surface area (Å²) in [6.45, 7) is 14.7. The zero-order valence-electron chi connectivity index (χ0n) is 17.1. The predicted octanol–water partition coefficient (Wildman–Crippen LogP) is 3.21. The second-order valence-electron chi connectivity index (χ2n) is 6.92. The van der Waals surface area contributed by atoms with Crippen molar-refractivity contribution in [1.82, 2.24) is 4.90 Å². The molecule has 0 aromatic heterocycles. The molecule has 144 valence electrons. The Bertz CT molecular complexity index is 327. The van der Waals surface area contributed by atoms with Crippen LogP contribution in [0.4, 0.5) is 0 Å². The monoisotopic (exact) mass is 345 g/mol. The third-order valence-electron chi connectivity index (χ3n) is 3.80. The number of nitrogens with zero attached hydrogens (tertiary/aromatic N) is 1. The van der Waals surface area contributed by atoms with Crippen LogP contribution in [0.15, 0.2) is 0 Å². The van der Waals surface area contributed by atoms with Crippen molar-refractivity contribution in [3.63, 3.8) is 0 Å². The molecule has 0 bridgehead atoms. The van der Waals surface area contributed by atoms with E-state index in [1.54, 1.807) is 7.11 Å². The van der Waals surface area contributed by atoms with E-state index in [0.717, 1.165) is 6.54 Å². The molecule has 5 heteroatoms. The summed E-state index contributed by atoms with van der Waals surface area (Å²) in [5.74, 6) is 0.844. The second kappa shape index (κ2) is 15.7. The summed E-state index contributed by atoms with van der Waals surface area (Å²) in [4.78, 5) is 24.3. The van der Waals surface area contributed by atoms with Gasteiger partial charge in [0.15, 0.2) is 0 Å². The standard InChI is InChI=1S/C12H25NO2.C7H14O2/c1-10(2)12(14)6-8-15-9-7-13(5)11(3)4;1-6(2)7(8)4-5-9-3/h10-11H,6-9H2,1-5H3;6H,4-5H2,1-3H3. The predicted molar refractivity (Wildman–Crippen MR) is 99.4 cm³/mol. The number of likely N-dealkylation sites (N-methyl/N-ethyl adjacent to an activating group) is 1. The van der Waals surface area contributed by atoms with Gasteiger partial charge < -0.3 is 14.4 Å². The fourth-order valence-corrected chi connectivity index (χ4v) is 1.52. The van der Waals surface area contributed by atoms with Gasteiger partial charge in [-0.1, -0.05) is 27.7 Å². The highest BCUT2D eigenvalue weighted by atomic mass is 16.5. The van der Waals surface area contributed by atoms with Crippen LogP contribution in [-0.2, 0) is 19.1 Å². The van der Waals surface area contributed by atoms with Crippen LogP contribution < -0.4 is 0 Å². The van der Waals surface area contributed by atoms with E-state index in [9.17, 15) is 9.59 Å². The van der Waals surface area contributed by atoms with Crippen LogP contribution in [-0.4, -0.2) is 63.0 Å². The lowest BCUT2D eigenvalue weighted by Crippen LogP contribution is -2.30. The lowest BCUT2D eigenvalue weighted by molar-refractivity contribution is -0.123. The summed E-state index contributed by atoms with van der Waals surface area (Å²) in [6, 6.07) is 0.547. The van der Waals surface area contributed by atoms with Crippen molar-refractivity contribution in [3.8, 4) is 0 Å². The van der Waals surface area contributed by atoms with Crippen molar-refractivity contribution >= 4 is 11.6 Å². The van der Waals surface area contributed by atoms with Crippen LogP contribution in [0.3, 0.4) is 0 Å². The largest absolute Gasteiger partial charge is 0.384 e. The first-order chi connectivity index (χ1) is 11.1. The number of ether oxygens (including phenoxy) is 2. The van der Waals surface area contributed by atoms with Gasteiger partial charge in [-0.25, -0.2) is 0 Å². The van der Waals surface area contributed by atoms with Gasteiger partial charge in [-0.15, -0.1) is 0 Å². The molecule has 0 aliphatic rings. The van der Waals surface area contributed by atoms with E-state index in [2.05, 4.69) is 25.8 Å². The molecule has 0 saturated carbocycles. The molecular formula is C19H39NO4. The van der Waals surface area contributed by atoms with E-state index < -0.39 is 0 Å². The minimum Gasteiger partial charge on any atom is -0.384 e. The zero-order valence-corrected chi connectivity index (χ0v) is 17.1. The van der Waals surface area contributed by atoms with Crippen molar-refractivity contribution in [2.45, 2.75) is 60.4 Å². The number of Topliss-reactive ketones (excluding diaryl/α,β-unsaturated/α-hetero) is 2. The molecule has 0 atom stereocenters. The van der Waals surface area contributed by atoms with Gasteiger partial charge in [0.05, 0.1) is 19.8 Å². The van der Waals surface area contributed by atoms with Crippen molar-refractivity contribution in [1.29, 1.82) is 0 Å². The number of carbonyl (C=O) groups is 2. The summed E-state index contributed by atoms with van der Waals surface area (Å²) in [5, 5.41) is 0. The van der Waals surface area contributed by atoms with E-state index in [1.807, 2.05) is 27.7 Å². The highest BCUT2D eigenvalue weighted by Gasteiger charge is 2.07. The number of hydrogen-bond donors (Lipinski definition) is 0. The van der Waals surface area contributed by atoms with Gasteiger partial charge in [0.2, 0.25) is 0 Å². The van der Waals surface area contributed by atoms with Gasteiger partial charge in [0.1, 0.15) is 11.6 Å². The van der Waals surface area contributed by atoms with Crippen LogP contribution in [0.2, 0.25) is 0 Å². The van der Waals surface area contributed by atoms with Crippen molar-refractivity contribution in [3.05, 3.63) is 0 Å². The Balaban J connectivity index is 0. The molecule has 0 radical (unpaired) electrons. The molecular weight excluding hydrogens is 306 g/mol. The summed E-state index contributed by atoms with van der Waals surface area (Å²) >= 11 is 0. The van der Waals surface area contributed by atoms with E-state index in [-0.39, 0.29) is 23.4 Å². The van der Waals surface area contributed by atoms with Crippen LogP contribution in [0.5, 0.6) is 0 Å². The van der Waals surface area contributed by atoms with E-state index >= 15 is 0 Å². The molecule has 0 aliphatic carbocycles. The lowest BCUT2D eigenvalue weighted by atomic mass is 10.1. The molecule has 0 heterocycles. The normalized spacial score (nSPS) is 11.2. The molecule has 0 rings (SSSR count). The first-order valence-corrected chi connectivity index (χ1v) is 8.95. The molecule has 0 spiro atoms. The number of rotatable bonds is 12. The number of carbonyl (C=O) groups excluding carboxylic acids is 2. The van der Waals surface area contributed by atoms with Crippen LogP contribution in [0.25, 0.3) is 0 Å². The third-order valence-corrected chi connectivity index (χ3v) is 3.80. The smallest absolute Gasteiger partial charge is 0.137 e. The molecule has 24 heavy (non-hydrogen) atoms. The maximum atomic E-state index is 11.3. The zero-order chi connectivity index (χ0) is 19.1. The molecule has 0 fully saturated rings. The summed E-state index contributed by atoms with van der Waals surface area (Å²) in [5.41, 5.74) is 0. The Morgan fingerprint density at radius 3 is 1.67 bits per heavy atom. The van der Waals surface area contributed by atoms with Crippen molar-refractivity contribution < 1.29 is 19.1 Å². The van der Waals surface area contributed by atoms with E-state index in [4.69, 9.17) is 9.47 Å². The minimum absolute atomic E-state index is 0.131. The SMILES string of the molecule is CC(C)C(=O)CCOCCN(C)C(C)C.COCCC(=O)C(C)C. The highest BCUT2D eigenvalue weighted by molar-refractivity contribution is 5.80. The quantitative estimate of drug-likeness (QED) is 0.508. The average molecular weight is 346 g/mol. The van der Waals surface area contributed by atoms with Gasteiger partial charge in [-0.3, -0.25) is 9.59 Å². The van der Waals surface area contributed by atoms with Crippen LogP contribution in [0, 0.1) is 11.8 Å². The van der Waals surface area contributed by atoms with Crippen molar-refractivity contribution in [2.24, 2.45) is 11.8 Å². The molecule has 0 aliphatic heterocycles. The third kappa shape index (κ3) is 16.1. The average Bonchev–Trinajstić information content (AvgIpc) is 2.51. The Labute approximate surface area is 149 Å². The summed E-state index contributed by atoms with van der Waals surface area (Å²) < 4.78 is 10.2. The first-order valence-electron chi connectivity index (χ1n) is 8.95. The highest BCUT2D eigenvalue weighted by Crippen LogP contribution is 1.99. The van der Waals surface area contributed by atoms with Gasteiger partial charge in [0.25, 0.3) is 0 Å². The number of ketones is 2. The Morgan fingerprint density at radius 1 is 0.833 bits per heavy atom. The Morgan fingerprint density at radius 2 is 1.29 bits per heavy atom. The maximum absolute atomic E-state index is 11.3. The van der Waals surface area contributed by atoms with Gasteiger partial charge in [-0.2, -0.15) is 0 Å². The van der Waals surface area contributed by atoms with Gasteiger partial charge in [-0.05, 0) is 20.9 Å². The first kappa shape index (κ1) is 25.5. The minimum atomic E-state index is 0.131. The second-order valence-corrected chi connectivity index (χ2v) is 6.92. The van der Waals surface area contributed by atoms with Crippen LogP contribution >= 0.6 is 0 Å². The lowest BCUT2D eigenvalue weighted by Gasteiger charge is -2.20. The van der Waals surface area contributed by atoms with Crippen molar-refractivity contribution in [2.75, 3.05) is 40.5 Å². The number of methoxy groups -OCH3 is 1. The summed E-state index contributed by atoms with van der Waals surface area (Å²) in [6.07, 6.45) is 1.09. The van der Waals surface area contributed by atoms with Crippen LogP contribution in [0.1, 0.15) is 54.4 Å². The van der Waals surface area contributed by atoms with Gasteiger partial charge >= 0.3 is 0 Å². The molecule has 0 aromatic rings.